The second-order valence-electron chi connectivity index (χ2n) is 3.66. The van der Waals surface area contributed by atoms with Gasteiger partial charge in [-0.25, -0.2) is 12.8 Å². The first-order valence-corrected chi connectivity index (χ1v) is 6.96. The second-order valence-corrected chi connectivity index (χ2v) is 5.65. The van der Waals surface area contributed by atoms with Crippen LogP contribution in [0.3, 0.4) is 0 Å². The van der Waals surface area contributed by atoms with E-state index in [2.05, 4.69) is 10.2 Å². The molecule has 2 rings (SSSR count). The zero-order valence-electron chi connectivity index (χ0n) is 9.63. The zero-order valence-corrected chi connectivity index (χ0v) is 10.4. The topological polar surface area (TPSA) is 73.1 Å². The van der Waals surface area contributed by atoms with Gasteiger partial charge in [-0.3, -0.25) is 0 Å². The quantitative estimate of drug-likeness (QED) is 0.791. The van der Waals surface area contributed by atoms with Crippen LogP contribution in [0.2, 0.25) is 0 Å². The van der Waals surface area contributed by atoms with Gasteiger partial charge in [0.25, 0.3) is 0 Å². The Bertz CT molecular complexity index is 635. The van der Waals surface area contributed by atoms with Crippen LogP contribution in [0.25, 0.3) is 0 Å². The molecule has 0 bridgehead atoms. The number of halogens is 1. The molecule has 0 unspecified atom stereocenters. The maximum atomic E-state index is 12.7. The van der Waals surface area contributed by atoms with Crippen LogP contribution in [0, 0.1) is 5.82 Å². The number of rotatable bonds is 4. The minimum atomic E-state index is -3.59. The highest BCUT2D eigenvalue weighted by Crippen LogP contribution is 2.16. The Morgan fingerprint density at radius 2 is 1.78 bits per heavy atom. The Morgan fingerprint density at radius 3 is 2.33 bits per heavy atom. The number of aromatic nitrogens is 2. The molecule has 0 aliphatic heterocycles. The highest BCUT2D eigenvalue weighted by atomic mass is 32.2. The molecule has 1 aromatic carbocycles. The molecule has 18 heavy (non-hydrogen) atoms. The van der Waals surface area contributed by atoms with Crippen LogP contribution >= 0.6 is 0 Å². The fourth-order valence-corrected chi connectivity index (χ4v) is 2.54. The third kappa shape index (κ3) is 2.73. The molecule has 2 aromatic rings. The van der Waals surface area contributed by atoms with Gasteiger partial charge in [0.2, 0.25) is 11.8 Å². The maximum absolute atomic E-state index is 12.7. The maximum Gasteiger partial charge on any atom is 0.231 e. The summed E-state index contributed by atoms with van der Waals surface area (Å²) in [7, 11) is -3.59. The first-order chi connectivity index (χ1) is 8.51. The van der Waals surface area contributed by atoms with Crippen molar-refractivity contribution in [3.63, 3.8) is 0 Å². The van der Waals surface area contributed by atoms with E-state index >= 15 is 0 Å². The van der Waals surface area contributed by atoms with Crippen molar-refractivity contribution in [2.24, 2.45) is 0 Å². The molecule has 0 N–H and O–H groups in total. The highest BCUT2D eigenvalue weighted by Gasteiger charge is 2.19. The van der Waals surface area contributed by atoms with Crippen LogP contribution < -0.4 is 0 Å². The SMILES string of the molecule is CCc1nnc(CS(=O)(=O)c2ccc(F)cc2)o1. The molecule has 7 heteroatoms. The number of aryl methyl sites for hydroxylation is 1. The minimum Gasteiger partial charge on any atom is -0.424 e. The first-order valence-electron chi connectivity index (χ1n) is 5.31. The van der Waals surface area contributed by atoms with Crippen molar-refractivity contribution in [2.45, 2.75) is 24.0 Å². The second kappa shape index (κ2) is 4.85. The smallest absolute Gasteiger partial charge is 0.231 e. The van der Waals surface area contributed by atoms with Crippen LogP contribution in [0.5, 0.6) is 0 Å². The van der Waals surface area contributed by atoms with E-state index in [4.69, 9.17) is 4.42 Å². The Balaban J connectivity index is 2.24. The summed E-state index contributed by atoms with van der Waals surface area (Å²) in [6, 6.07) is 4.61. The van der Waals surface area contributed by atoms with Gasteiger partial charge < -0.3 is 4.42 Å². The Morgan fingerprint density at radius 1 is 1.17 bits per heavy atom. The molecule has 1 aromatic heterocycles. The van der Waals surface area contributed by atoms with Crippen LogP contribution in [-0.2, 0) is 22.0 Å². The number of sulfone groups is 1. The van der Waals surface area contributed by atoms with E-state index in [-0.39, 0.29) is 16.5 Å². The molecular formula is C11H11FN2O3S. The van der Waals surface area contributed by atoms with E-state index in [0.29, 0.717) is 12.3 Å². The summed E-state index contributed by atoms with van der Waals surface area (Å²) >= 11 is 0. The molecule has 0 aliphatic carbocycles. The predicted molar refractivity (Wildman–Crippen MR) is 61.0 cm³/mol. The average molecular weight is 270 g/mol. The van der Waals surface area contributed by atoms with Crippen LogP contribution in [0.4, 0.5) is 4.39 Å². The standard InChI is InChI=1S/C11H11FN2O3S/c1-2-10-13-14-11(17-10)7-18(15,16)9-5-3-8(12)4-6-9/h3-6H,2,7H2,1H3. The van der Waals surface area contributed by atoms with Gasteiger partial charge in [0.15, 0.2) is 9.84 Å². The summed E-state index contributed by atoms with van der Waals surface area (Å²) in [4.78, 5) is 0.0279. The monoisotopic (exact) mass is 270 g/mol. The average Bonchev–Trinajstić information content (AvgIpc) is 2.76. The van der Waals surface area contributed by atoms with Crippen molar-refractivity contribution in [1.82, 2.24) is 10.2 Å². The first kappa shape index (κ1) is 12.7. The molecular weight excluding hydrogens is 259 g/mol. The van der Waals surface area contributed by atoms with Gasteiger partial charge in [0.1, 0.15) is 11.6 Å². The summed E-state index contributed by atoms with van der Waals surface area (Å²) in [6.45, 7) is 1.83. The third-order valence-corrected chi connectivity index (χ3v) is 3.91. The van der Waals surface area contributed by atoms with Crippen molar-refractivity contribution < 1.29 is 17.2 Å². The summed E-state index contributed by atoms with van der Waals surface area (Å²) in [5.74, 6) is -0.443. The van der Waals surface area contributed by atoms with Crippen LogP contribution in [0.15, 0.2) is 33.6 Å². The van der Waals surface area contributed by atoms with Crippen molar-refractivity contribution in [1.29, 1.82) is 0 Å². The minimum absolute atomic E-state index is 0.0279. The fraction of sp³-hybridized carbons (Fsp3) is 0.273. The Labute approximate surface area is 104 Å². The lowest BCUT2D eigenvalue weighted by Crippen LogP contribution is -2.05. The highest BCUT2D eigenvalue weighted by molar-refractivity contribution is 7.90. The van der Waals surface area contributed by atoms with Crippen molar-refractivity contribution >= 4 is 9.84 Å². The van der Waals surface area contributed by atoms with Crippen molar-refractivity contribution in [2.75, 3.05) is 0 Å². The molecule has 0 fully saturated rings. The zero-order chi connectivity index (χ0) is 13.2. The molecule has 1 heterocycles. The molecule has 0 atom stereocenters. The summed E-state index contributed by atoms with van der Waals surface area (Å²) in [6.07, 6.45) is 0.545. The van der Waals surface area contributed by atoms with E-state index in [9.17, 15) is 12.8 Å². The van der Waals surface area contributed by atoms with Gasteiger partial charge in [-0.1, -0.05) is 6.92 Å². The molecule has 0 saturated carbocycles. The Kier molecular flexibility index (Phi) is 3.42. The summed E-state index contributed by atoms with van der Waals surface area (Å²) in [5.41, 5.74) is 0. The normalized spacial score (nSPS) is 11.7. The van der Waals surface area contributed by atoms with E-state index < -0.39 is 15.7 Å². The number of hydrogen-bond donors (Lipinski definition) is 0. The molecule has 0 saturated heterocycles. The van der Waals surface area contributed by atoms with E-state index in [0.717, 1.165) is 12.1 Å². The van der Waals surface area contributed by atoms with Gasteiger partial charge in [0.05, 0.1) is 4.90 Å². The molecule has 5 nitrogen and oxygen atoms in total. The molecule has 0 aliphatic rings. The molecule has 0 radical (unpaired) electrons. The number of hydrogen-bond acceptors (Lipinski definition) is 5. The molecule has 0 amide bonds. The van der Waals surface area contributed by atoms with Gasteiger partial charge >= 0.3 is 0 Å². The molecule has 0 spiro atoms. The van der Waals surface area contributed by atoms with Gasteiger partial charge in [-0.15, -0.1) is 10.2 Å². The lowest BCUT2D eigenvalue weighted by atomic mass is 10.4. The lowest BCUT2D eigenvalue weighted by Gasteiger charge is -2.00. The van der Waals surface area contributed by atoms with Gasteiger partial charge in [0, 0.05) is 6.42 Å². The van der Waals surface area contributed by atoms with Crippen LogP contribution in [0.1, 0.15) is 18.7 Å². The summed E-state index contributed by atoms with van der Waals surface area (Å²) < 4.78 is 41.8. The van der Waals surface area contributed by atoms with Crippen molar-refractivity contribution in [3.8, 4) is 0 Å². The lowest BCUT2D eigenvalue weighted by molar-refractivity contribution is 0.465. The largest absolute Gasteiger partial charge is 0.424 e. The van der Waals surface area contributed by atoms with Crippen molar-refractivity contribution in [3.05, 3.63) is 41.9 Å². The van der Waals surface area contributed by atoms with Crippen LogP contribution in [-0.4, -0.2) is 18.6 Å². The van der Waals surface area contributed by atoms with E-state index in [1.165, 1.54) is 12.1 Å². The third-order valence-electron chi connectivity index (χ3n) is 2.30. The molecule has 96 valence electrons. The number of nitrogens with zero attached hydrogens (tertiary/aromatic N) is 2. The van der Waals surface area contributed by atoms with Gasteiger partial charge in [-0.2, -0.15) is 0 Å². The number of benzene rings is 1. The predicted octanol–water partition coefficient (Wildman–Crippen LogP) is 1.74. The Hall–Kier alpha value is -1.76. The van der Waals surface area contributed by atoms with E-state index in [1.807, 2.05) is 6.92 Å². The van der Waals surface area contributed by atoms with Gasteiger partial charge in [-0.05, 0) is 24.3 Å². The fourth-order valence-electron chi connectivity index (χ4n) is 1.38. The van der Waals surface area contributed by atoms with E-state index in [1.54, 1.807) is 0 Å². The summed E-state index contributed by atoms with van der Waals surface area (Å²) in [5, 5.41) is 7.33.